The highest BCUT2D eigenvalue weighted by molar-refractivity contribution is 7.80. The van der Waals surface area contributed by atoms with Crippen molar-refractivity contribution in [1.29, 1.82) is 0 Å². The van der Waals surface area contributed by atoms with Crippen molar-refractivity contribution in [3.63, 3.8) is 0 Å². The monoisotopic (exact) mass is 547 g/mol. The third kappa shape index (κ3) is 4.78. The summed E-state index contributed by atoms with van der Waals surface area (Å²) in [4.78, 5) is 17.5. The molecule has 3 heterocycles. The summed E-state index contributed by atoms with van der Waals surface area (Å²) in [6, 6.07) is 31.6. The Hall–Kier alpha value is -5.02. The van der Waals surface area contributed by atoms with Gasteiger partial charge in [0.1, 0.15) is 17.5 Å². The molecule has 40 heavy (non-hydrogen) atoms. The van der Waals surface area contributed by atoms with Gasteiger partial charge in [-0.1, -0.05) is 24.3 Å². The topological polar surface area (TPSA) is 85.5 Å². The van der Waals surface area contributed by atoms with Crippen LogP contribution in [0.4, 0.5) is 11.4 Å². The smallest absolute Gasteiger partial charge is 0.269 e. The second-order valence-electron chi connectivity index (χ2n) is 9.43. The quantitative estimate of drug-likeness (QED) is 0.133. The molecule has 3 aromatic carbocycles. The maximum Gasteiger partial charge on any atom is 0.269 e. The lowest BCUT2D eigenvalue weighted by Crippen LogP contribution is -2.30. The number of ether oxygens (including phenoxy) is 1. The van der Waals surface area contributed by atoms with Gasteiger partial charge >= 0.3 is 0 Å². The van der Waals surface area contributed by atoms with E-state index in [4.69, 9.17) is 17.0 Å². The molecule has 8 nitrogen and oxygen atoms in total. The number of nitro benzene ring substituents is 1. The van der Waals surface area contributed by atoms with Gasteiger partial charge in [-0.05, 0) is 91.4 Å². The highest BCUT2D eigenvalue weighted by atomic mass is 32.1. The van der Waals surface area contributed by atoms with Crippen LogP contribution in [0.25, 0.3) is 5.69 Å². The number of hydrogen-bond acceptors (Lipinski definition) is 5. The van der Waals surface area contributed by atoms with E-state index >= 15 is 0 Å². The van der Waals surface area contributed by atoms with E-state index in [-0.39, 0.29) is 17.8 Å². The predicted molar refractivity (Wildman–Crippen MR) is 158 cm³/mol. The highest BCUT2D eigenvalue weighted by Gasteiger charge is 2.42. The van der Waals surface area contributed by atoms with Crippen LogP contribution >= 0.6 is 12.2 Å². The maximum absolute atomic E-state index is 11.2. The Morgan fingerprint density at radius 3 is 2.33 bits per heavy atom. The third-order valence-corrected chi connectivity index (χ3v) is 7.27. The van der Waals surface area contributed by atoms with E-state index in [2.05, 4.69) is 15.2 Å². The molecule has 2 aromatic heterocycles. The first-order valence-corrected chi connectivity index (χ1v) is 13.2. The van der Waals surface area contributed by atoms with Gasteiger partial charge in [0.2, 0.25) is 0 Å². The van der Waals surface area contributed by atoms with E-state index < -0.39 is 4.92 Å². The number of anilines is 1. The fourth-order valence-corrected chi connectivity index (χ4v) is 5.36. The molecule has 198 valence electrons. The van der Waals surface area contributed by atoms with Crippen molar-refractivity contribution < 1.29 is 9.66 Å². The summed E-state index contributed by atoms with van der Waals surface area (Å²) in [6.07, 6.45) is 3.72. The normalized spacial score (nSPS) is 16.5. The van der Waals surface area contributed by atoms with Crippen LogP contribution in [0, 0.1) is 17.0 Å². The van der Waals surface area contributed by atoms with E-state index in [1.165, 1.54) is 12.1 Å². The number of hydrogen-bond donors (Lipinski definition) is 1. The van der Waals surface area contributed by atoms with Gasteiger partial charge in [-0.15, -0.1) is 0 Å². The van der Waals surface area contributed by atoms with Crippen molar-refractivity contribution in [1.82, 2.24) is 14.9 Å². The molecule has 1 saturated heterocycles. The van der Waals surface area contributed by atoms with Gasteiger partial charge in [0.05, 0.1) is 16.7 Å². The minimum Gasteiger partial charge on any atom is -0.457 e. The molecular weight excluding hydrogens is 522 g/mol. The Morgan fingerprint density at radius 2 is 1.62 bits per heavy atom. The molecule has 0 spiro atoms. The molecule has 0 unspecified atom stereocenters. The lowest BCUT2D eigenvalue weighted by atomic mass is 10.0. The lowest BCUT2D eigenvalue weighted by Gasteiger charge is -2.29. The Labute approximate surface area is 236 Å². The van der Waals surface area contributed by atoms with Crippen molar-refractivity contribution in [3.8, 4) is 17.2 Å². The summed E-state index contributed by atoms with van der Waals surface area (Å²) in [5.41, 5.74) is 4.62. The van der Waals surface area contributed by atoms with Gasteiger partial charge in [0.15, 0.2) is 5.11 Å². The van der Waals surface area contributed by atoms with E-state index in [0.29, 0.717) is 5.11 Å². The van der Waals surface area contributed by atoms with Crippen molar-refractivity contribution in [3.05, 3.63) is 143 Å². The Kier molecular flexibility index (Phi) is 6.71. The largest absolute Gasteiger partial charge is 0.457 e. The van der Waals surface area contributed by atoms with E-state index in [9.17, 15) is 10.1 Å². The van der Waals surface area contributed by atoms with Crippen molar-refractivity contribution in [2.24, 2.45) is 0 Å². The minimum atomic E-state index is -0.398. The molecule has 0 radical (unpaired) electrons. The second-order valence-corrected chi connectivity index (χ2v) is 9.82. The van der Waals surface area contributed by atoms with Gasteiger partial charge in [-0.2, -0.15) is 0 Å². The number of aryl methyl sites for hydroxylation is 1. The fraction of sp³-hybridized carbons (Fsp3) is 0.0968. The third-order valence-electron chi connectivity index (χ3n) is 6.96. The van der Waals surface area contributed by atoms with E-state index in [1.807, 2.05) is 96.6 Å². The average Bonchev–Trinajstić information content (AvgIpc) is 3.59. The van der Waals surface area contributed by atoms with Gasteiger partial charge in [-0.3, -0.25) is 15.1 Å². The number of thiocarbonyl (C=S) groups is 1. The van der Waals surface area contributed by atoms with Crippen molar-refractivity contribution in [2.75, 3.05) is 4.90 Å². The molecule has 6 rings (SSSR count). The van der Waals surface area contributed by atoms with Gasteiger partial charge in [-0.25, -0.2) is 0 Å². The number of para-hydroxylation sites is 1. The summed E-state index contributed by atoms with van der Waals surface area (Å²) >= 11 is 5.88. The summed E-state index contributed by atoms with van der Waals surface area (Å²) in [6.45, 7) is 2.01. The summed E-state index contributed by atoms with van der Waals surface area (Å²) in [7, 11) is 0. The number of nitrogens with one attached hydrogen (secondary N) is 1. The first-order valence-electron chi connectivity index (χ1n) is 12.8. The Morgan fingerprint density at radius 1 is 0.900 bits per heavy atom. The number of nitrogens with zero attached hydrogens (tertiary/aromatic N) is 4. The molecule has 1 aliphatic heterocycles. The molecule has 5 aromatic rings. The van der Waals surface area contributed by atoms with Crippen LogP contribution in [0.5, 0.6) is 11.5 Å². The highest BCUT2D eigenvalue weighted by Crippen LogP contribution is 2.42. The first-order chi connectivity index (χ1) is 19.5. The zero-order valence-corrected chi connectivity index (χ0v) is 22.4. The minimum absolute atomic E-state index is 0.0437. The molecule has 0 aliphatic carbocycles. The number of nitro groups is 1. The van der Waals surface area contributed by atoms with Crippen LogP contribution in [0.15, 0.2) is 116 Å². The molecule has 2 atom stereocenters. The fourth-order valence-electron chi connectivity index (χ4n) is 5.01. The number of non-ortho nitro benzene ring substituents is 1. The number of rotatable bonds is 7. The Balaban J connectivity index is 1.39. The number of benzene rings is 3. The second kappa shape index (κ2) is 10.6. The summed E-state index contributed by atoms with van der Waals surface area (Å²) in [5.74, 6) is 1.53. The van der Waals surface area contributed by atoms with Crippen molar-refractivity contribution >= 4 is 28.7 Å². The molecule has 9 heteroatoms. The molecule has 0 amide bonds. The average molecular weight is 548 g/mol. The van der Waals surface area contributed by atoms with Crippen LogP contribution in [0.1, 0.15) is 29.0 Å². The predicted octanol–water partition coefficient (Wildman–Crippen LogP) is 7.06. The van der Waals surface area contributed by atoms with Crippen LogP contribution in [-0.4, -0.2) is 19.6 Å². The van der Waals surface area contributed by atoms with Crippen LogP contribution in [0.3, 0.4) is 0 Å². The summed E-state index contributed by atoms with van der Waals surface area (Å²) < 4.78 is 8.15. The number of pyridine rings is 1. The van der Waals surface area contributed by atoms with Gasteiger partial charge in [0, 0.05) is 41.6 Å². The molecule has 1 N–H and O–H groups in total. The van der Waals surface area contributed by atoms with Crippen LogP contribution in [0.2, 0.25) is 0 Å². The molecular formula is C31H25N5O3S. The Bertz CT molecular complexity index is 1670. The zero-order valence-electron chi connectivity index (χ0n) is 21.5. The van der Waals surface area contributed by atoms with E-state index in [1.54, 1.807) is 18.3 Å². The van der Waals surface area contributed by atoms with Gasteiger partial charge < -0.3 is 19.5 Å². The molecule has 0 saturated carbocycles. The zero-order chi connectivity index (χ0) is 27.6. The molecule has 0 bridgehead atoms. The maximum atomic E-state index is 11.2. The van der Waals surface area contributed by atoms with Crippen LogP contribution in [-0.2, 0) is 0 Å². The first kappa shape index (κ1) is 25.3. The van der Waals surface area contributed by atoms with Gasteiger partial charge in [0.25, 0.3) is 5.69 Å². The SMILES string of the molecule is Cc1ccccc1Oc1ccc(N2C(=S)N[C@H](c3ccccn3)[C@@H]2c2cccn2-c2ccc([N+](=O)[O-])cc2)cc1. The van der Waals surface area contributed by atoms with Crippen molar-refractivity contribution in [2.45, 2.75) is 19.0 Å². The molecule has 1 fully saturated rings. The lowest BCUT2D eigenvalue weighted by molar-refractivity contribution is -0.384. The van der Waals surface area contributed by atoms with Crippen LogP contribution < -0.4 is 15.0 Å². The van der Waals surface area contributed by atoms with E-state index in [0.717, 1.165) is 39.8 Å². The number of aromatic nitrogens is 2. The summed E-state index contributed by atoms with van der Waals surface area (Å²) in [5, 5.41) is 15.3. The molecule has 1 aliphatic rings. The standard InChI is InChI=1S/C31H25N5O3S/c1-21-7-2-3-10-28(21)39-25-17-15-23(16-18-25)35-30(29(33-31(35)40)26-8-4-5-19-32-26)27-9-6-20-34(27)22-11-13-24(14-12-22)36(37)38/h2-20,29-30H,1H3,(H,33,40)/t29-,30+/m1/s1.